The van der Waals surface area contributed by atoms with Crippen molar-refractivity contribution < 1.29 is 9.90 Å². The third kappa shape index (κ3) is 1.13. The van der Waals surface area contributed by atoms with E-state index in [4.69, 9.17) is 5.11 Å². The Labute approximate surface area is 58.3 Å². The molecule has 3 heteroatoms. The molecule has 0 saturated heterocycles. The number of carbonyl (C=O) groups excluding carboxylic acids is 1. The zero-order chi connectivity index (χ0) is 7.56. The third-order valence-corrected chi connectivity index (χ3v) is 1.22. The molecule has 0 aliphatic heterocycles. The minimum atomic E-state index is 0.0862. The zero-order valence-corrected chi connectivity index (χ0v) is 5.53. The quantitative estimate of drug-likeness (QED) is 0.585. The van der Waals surface area contributed by atoms with Gasteiger partial charge in [-0.2, -0.15) is 0 Å². The first-order chi connectivity index (χ1) is 4.74. The fraction of sp³-hybridized carbons (Fsp3) is 0.143. The average Bonchev–Trinajstić information content (AvgIpc) is 1.88. The highest BCUT2D eigenvalue weighted by Crippen LogP contribution is 2.10. The summed E-state index contributed by atoms with van der Waals surface area (Å²) in [6.45, 7) is 1.72. The second-order valence-corrected chi connectivity index (χ2v) is 2.01. The van der Waals surface area contributed by atoms with Crippen LogP contribution in [0, 0.1) is 6.92 Å². The van der Waals surface area contributed by atoms with Crippen LogP contribution in [-0.4, -0.2) is 16.4 Å². The number of hydrogen-bond donors (Lipinski definition) is 1. The van der Waals surface area contributed by atoms with Crippen molar-refractivity contribution >= 4 is 6.29 Å². The van der Waals surface area contributed by atoms with Crippen molar-refractivity contribution in [2.24, 2.45) is 0 Å². The summed E-state index contributed by atoms with van der Waals surface area (Å²) in [6.07, 6.45) is 1.91. The van der Waals surface area contributed by atoms with Crippen LogP contribution in [0.15, 0.2) is 12.3 Å². The number of aryl methyl sites for hydroxylation is 1. The standard InChI is InChI=1S/C7H7NO2/c1-5-2-6(10)3-8-7(5)4-9/h2-4,10H,1H3. The summed E-state index contributed by atoms with van der Waals surface area (Å²) in [6, 6.07) is 1.50. The Balaban J connectivity index is 3.19. The minimum absolute atomic E-state index is 0.0862. The molecule has 0 unspecified atom stereocenters. The maximum atomic E-state index is 10.2. The van der Waals surface area contributed by atoms with Crippen LogP contribution in [0.25, 0.3) is 0 Å². The molecule has 0 fully saturated rings. The molecule has 1 aromatic heterocycles. The molecule has 0 aliphatic carbocycles. The van der Waals surface area contributed by atoms with E-state index in [0.29, 0.717) is 17.5 Å². The highest BCUT2D eigenvalue weighted by Gasteiger charge is 1.97. The van der Waals surface area contributed by atoms with Crippen LogP contribution in [0.4, 0.5) is 0 Å². The van der Waals surface area contributed by atoms with Crippen LogP contribution in [0.2, 0.25) is 0 Å². The van der Waals surface area contributed by atoms with Gasteiger partial charge in [0.1, 0.15) is 11.4 Å². The van der Waals surface area contributed by atoms with Gasteiger partial charge in [-0.05, 0) is 18.6 Å². The number of nitrogens with zero attached hydrogens (tertiary/aromatic N) is 1. The molecule has 1 rings (SSSR count). The largest absolute Gasteiger partial charge is 0.506 e. The molecule has 1 heterocycles. The summed E-state index contributed by atoms with van der Waals surface area (Å²) < 4.78 is 0. The van der Waals surface area contributed by atoms with Crippen LogP contribution >= 0.6 is 0 Å². The van der Waals surface area contributed by atoms with Crippen molar-refractivity contribution in [2.45, 2.75) is 6.92 Å². The molecule has 1 N–H and O–H groups in total. The first kappa shape index (κ1) is 6.74. The van der Waals surface area contributed by atoms with Gasteiger partial charge in [-0.1, -0.05) is 0 Å². The summed E-state index contributed by atoms with van der Waals surface area (Å²) in [5, 5.41) is 8.85. The Morgan fingerprint density at radius 2 is 2.40 bits per heavy atom. The molecular formula is C7H7NO2. The van der Waals surface area contributed by atoms with Gasteiger partial charge < -0.3 is 5.11 Å². The molecule has 0 aromatic carbocycles. The molecule has 0 amide bonds. The first-order valence-electron chi connectivity index (χ1n) is 2.85. The predicted octanol–water partition coefficient (Wildman–Crippen LogP) is 0.908. The molecule has 0 spiro atoms. The number of hydrogen-bond acceptors (Lipinski definition) is 3. The summed E-state index contributed by atoms with van der Waals surface area (Å²) in [4.78, 5) is 13.9. The lowest BCUT2D eigenvalue weighted by Gasteiger charge is -1.95. The molecule has 3 nitrogen and oxygen atoms in total. The summed E-state index contributed by atoms with van der Waals surface area (Å²) >= 11 is 0. The Hall–Kier alpha value is -1.38. The van der Waals surface area contributed by atoms with E-state index in [-0.39, 0.29) is 5.75 Å². The van der Waals surface area contributed by atoms with Crippen molar-refractivity contribution in [2.75, 3.05) is 0 Å². The average molecular weight is 137 g/mol. The van der Waals surface area contributed by atoms with E-state index in [9.17, 15) is 4.79 Å². The molecule has 10 heavy (non-hydrogen) atoms. The van der Waals surface area contributed by atoms with Crippen molar-refractivity contribution in [1.82, 2.24) is 4.98 Å². The second kappa shape index (κ2) is 2.47. The zero-order valence-electron chi connectivity index (χ0n) is 5.53. The number of aromatic nitrogens is 1. The van der Waals surface area contributed by atoms with E-state index in [1.54, 1.807) is 6.92 Å². The smallest absolute Gasteiger partial charge is 0.168 e. The van der Waals surface area contributed by atoms with Crippen LogP contribution in [0.5, 0.6) is 5.75 Å². The highest BCUT2D eigenvalue weighted by molar-refractivity contribution is 5.74. The van der Waals surface area contributed by atoms with Crippen LogP contribution < -0.4 is 0 Å². The van der Waals surface area contributed by atoms with Crippen LogP contribution in [0.1, 0.15) is 16.1 Å². The Kier molecular flexibility index (Phi) is 1.67. The molecule has 0 saturated carbocycles. The highest BCUT2D eigenvalue weighted by atomic mass is 16.3. The summed E-state index contributed by atoms with van der Waals surface area (Å²) in [5.41, 5.74) is 1.06. The molecule has 52 valence electrons. The molecule has 0 aliphatic rings. The topological polar surface area (TPSA) is 50.2 Å². The first-order valence-corrected chi connectivity index (χ1v) is 2.85. The molecule has 0 radical (unpaired) electrons. The SMILES string of the molecule is Cc1cc(O)cnc1C=O. The van der Waals surface area contributed by atoms with Crippen molar-refractivity contribution in [1.29, 1.82) is 0 Å². The fourth-order valence-corrected chi connectivity index (χ4v) is 0.694. The van der Waals surface area contributed by atoms with E-state index in [1.807, 2.05) is 0 Å². The molecule has 0 bridgehead atoms. The van der Waals surface area contributed by atoms with Gasteiger partial charge in [0.05, 0.1) is 6.20 Å². The van der Waals surface area contributed by atoms with Gasteiger partial charge in [0, 0.05) is 0 Å². The van der Waals surface area contributed by atoms with Gasteiger partial charge in [0.15, 0.2) is 6.29 Å². The fourth-order valence-electron chi connectivity index (χ4n) is 0.694. The lowest BCUT2D eigenvalue weighted by atomic mass is 10.2. The van der Waals surface area contributed by atoms with Gasteiger partial charge in [-0.3, -0.25) is 4.79 Å². The number of rotatable bonds is 1. The monoisotopic (exact) mass is 137 g/mol. The second-order valence-electron chi connectivity index (χ2n) is 2.01. The van der Waals surface area contributed by atoms with Crippen molar-refractivity contribution in [3.63, 3.8) is 0 Å². The molecule has 1 aromatic rings. The molecular weight excluding hydrogens is 130 g/mol. The van der Waals surface area contributed by atoms with E-state index in [1.165, 1.54) is 12.3 Å². The van der Waals surface area contributed by atoms with E-state index in [2.05, 4.69) is 4.98 Å². The van der Waals surface area contributed by atoms with Gasteiger partial charge in [-0.15, -0.1) is 0 Å². The van der Waals surface area contributed by atoms with Gasteiger partial charge in [0.2, 0.25) is 0 Å². The Bertz CT molecular complexity index is 258. The number of aromatic hydroxyl groups is 1. The number of aldehydes is 1. The van der Waals surface area contributed by atoms with E-state index < -0.39 is 0 Å². The van der Waals surface area contributed by atoms with Crippen molar-refractivity contribution in [3.05, 3.63) is 23.5 Å². The van der Waals surface area contributed by atoms with Gasteiger partial charge >= 0.3 is 0 Å². The van der Waals surface area contributed by atoms with E-state index in [0.717, 1.165) is 0 Å². The van der Waals surface area contributed by atoms with Gasteiger partial charge in [0.25, 0.3) is 0 Å². The van der Waals surface area contributed by atoms with Crippen molar-refractivity contribution in [3.8, 4) is 5.75 Å². The normalized spacial score (nSPS) is 9.30. The summed E-state index contributed by atoms with van der Waals surface area (Å²) in [7, 11) is 0. The maximum Gasteiger partial charge on any atom is 0.168 e. The number of pyridine rings is 1. The Morgan fingerprint density at radius 1 is 1.70 bits per heavy atom. The van der Waals surface area contributed by atoms with E-state index >= 15 is 0 Å². The van der Waals surface area contributed by atoms with Crippen LogP contribution in [0.3, 0.4) is 0 Å². The predicted molar refractivity (Wildman–Crippen MR) is 36.0 cm³/mol. The van der Waals surface area contributed by atoms with Crippen LogP contribution in [-0.2, 0) is 0 Å². The minimum Gasteiger partial charge on any atom is -0.506 e. The molecule has 0 atom stereocenters. The van der Waals surface area contributed by atoms with Gasteiger partial charge in [-0.25, -0.2) is 4.98 Å². The number of carbonyl (C=O) groups is 1. The lowest BCUT2D eigenvalue weighted by Crippen LogP contribution is -1.89. The maximum absolute atomic E-state index is 10.2. The Morgan fingerprint density at radius 3 is 2.90 bits per heavy atom. The summed E-state index contributed by atoms with van der Waals surface area (Å²) in [5.74, 6) is 0.0862. The third-order valence-electron chi connectivity index (χ3n) is 1.22. The lowest BCUT2D eigenvalue weighted by molar-refractivity contribution is 0.111.